The Morgan fingerprint density at radius 3 is 2.45 bits per heavy atom. The molecule has 1 amide bonds. The molecule has 1 fully saturated rings. The summed E-state index contributed by atoms with van der Waals surface area (Å²) >= 11 is 0. The minimum atomic E-state index is -0.258. The predicted molar refractivity (Wildman–Crippen MR) is 77.9 cm³/mol. The summed E-state index contributed by atoms with van der Waals surface area (Å²) in [6.45, 7) is 6.14. The summed E-state index contributed by atoms with van der Waals surface area (Å²) in [5, 5.41) is 9.47. The Kier molecular flexibility index (Phi) is 5.01. The van der Waals surface area contributed by atoms with E-state index in [4.69, 9.17) is 4.74 Å². The van der Waals surface area contributed by atoms with E-state index in [1.165, 1.54) is 0 Å². The first-order valence-corrected chi connectivity index (χ1v) is 7.26. The van der Waals surface area contributed by atoms with Gasteiger partial charge in [0.05, 0.1) is 12.7 Å². The first-order chi connectivity index (χ1) is 9.56. The van der Waals surface area contributed by atoms with E-state index in [0.717, 1.165) is 5.75 Å². The van der Waals surface area contributed by atoms with Gasteiger partial charge in [-0.05, 0) is 43.0 Å². The molecule has 0 spiro atoms. The molecule has 1 aliphatic rings. The van der Waals surface area contributed by atoms with Gasteiger partial charge in [-0.25, -0.2) is 0 Å². The number of carbonyl (C=O) groups excluding carboxylic acids is 1. The number of likely N-dealkylation sites (tertiary alicyclic amines) is 1. The molecule has 1 N–H and O–H groups in total. The van der Waals surface area contributed by atoms with Gasteiger partial charge in [0.1, 0.15) is 5.75 Å². The fourth-order valence-corrected chi connectivity index (χ4v) is 2.21. The minimum Gasteiger partial charge on any atom is -0.493 e. The highest BCUT2D eigenvalue weighted by Gasteiger charge is 2.22. The number of ether oxygens (including phenoxy) is 1. The summed E-state index contributed by atoms with van der Waals surface area (Å²) in [5.41, 5.74) is 0.679. The zero-order chi connectivity index (χ0) is 14.5. The maximum absolute atomic E-state index is 12.3. The summed E-state index contributed by atoms with van der Waals surface area (Å²) in [6, 6.07) is 7.30. The van der Waals surface area contributed by atoms with Crippen LogP contribution >= 0.6 is 0 Å². The topological polar surface area (TPSA) is 49.8 Å². The van der Waals surface area contributed by atoms with Crippen LogP contribution in [0.15, 0.2) is 24.3 Å². The summed E-state index contributed by atoms with van der Waals surface area (Å²) in [5.74, 6) is 1.31. The van der Waals surface area contributed by atoms with E-state index >= 15 is 0 Å². The molecule has 0 aliphatic carbocycles. The molecule has 0 radical (unpaired) electrons. The van der Waals surface area contributed by atoms with E-state index in [2.05, 4.69) is 13.8 Å². The number of benzene rings is 1. The van der Waals surface area contributed by atoms with Crippen molar-refractivity contribution in [2.45, 2.75) is 32.8 Å². The third-order valence-corrected chi connectivity index (χ3v) is 3.44. The Bertz CT molecular complexity index is 434. The number of nitrogens with zero attached hydrogens (tertiary/aromatic N) is 1. The molecule has 0 bridgehead atoms. The molecule has 0 atom stereocenters. The van der Waals surface area contributed by atoms with Crippen LogP contribution in [0, 0.1) is 5.92 Å². The first-order valence-electron chi connectivity index (χ1n) is 7.26. The lowest BCUT2D eigenvalue weighted by Gasteiger charge is -2.29. The van der Waals surface area contributed by atoms with Gasteiger partial charge in [-0.3, -0.25) is 4.79 Å². The van der Waals surface area contributed by atoms with Crippen LogP contribution in [0.25, 0.3) is 0 Å². The fraction of sp³-hybridized carbons (Fsp3) is 0.562. The van der Waals surface area contributed by atoms with Crippen LogP contribution in [0.3, 0.4) is 0 Å². The fourth-order valence-electron chi connectivity index (χ4n) is 2.21. The van der Waals surface area contributed by atoms with Crippen LogP contribution < -0.4 is 4.74 Å². The molecular formula is C16H23NO3. The van der Waals surface area contributed by atoms with Crippen LogP contribution in [-0.4, -0.2) is 41.7 Å². The summed E-state index contributed by atoms with van der Waals surface area (Å²) in [7, 11) is 0. The monoisotopic (exact) mass is 277 g/mol. The maximum Gasteiger partial charge on any atom is 0.253 e. The number of amides is 1. The predicted octanol–water partition coefficient (Wildman–Crippen LogP) is 2.32. The number of piperidine rings is 1. The van der Waals surface area contributed by atoms with Crippen molar-refractivity contribution in [1.82, 2.24) is 4.90 Å². The molecule has 4 nitrogen and oxygen atoms in total. The number of carbonyl (C=O) groups is 1. The van der Waals surface area contributed by atoms with Crippen molar-refractivity contribution in [3.63, 3.8) is 0 Å². The third-order valence-electron chi connectivity index (χ3n) is 3.44. The average Bonchev–Trinajstić information content (AvgIpc) is 2.46. The lowest BCUT2D eigenvalue weighted by atomic mass is 10.1. The maximum atomic E-state index is 12.3. The highest BCUT2D eigenvalue weighted by molar-refractivity contribution is 5.94. The summed E-state index contributed by atoms with van der Waals surface area (Å²) in [6.07, 6.45) is 1.08. The van der Waals surface area contributed by atoms with Crippen molar-refractivity contribution in [2.24, 2.45) is 5.92 Å². The van der Waals surface area contributed by atoms with Crippen molar-refractivity contribution in [3.8, 4) is 5.75 Å². The summed E-state index contributed by atoms with van der Waals surface area (Å²) < 4.78 is 5.60. The van der Waals surface area contributed by atoms with Gasteiger partial charge in [0, 0.05) is 18.7 Å². The van der Waals surface area contributed by atoms with Crippen molar-refractivity contribution < 1.29 is 14.6 Å². The molecule has 0 saturated carbocycles. The van der Waals surface area contributed by atoms with E-state index in [0.29, 0.717) is 44.0 Å². The molecule has 1 saturated heterocycles. The second-order valence-corrected chi connectivity index (χ2v) is 5.75. The summed E-state index contributed by atoms with van der Waals surface area (Å²) in [4.78, 5) is 14.1. The Hall–Kier alpha value is -1.55. The lowest BCUT2D eigenvalue weighted by molar-refractivity contribution is 0.0546. The van der Waals surface area contributed by atoms with E-state index in [9.17, 15) is 9.90 Å². The zero-order valence-electron chi connectivity index (χ0n) is 12.2. The highest BCUT2D eigenvalue weighted by Crippen LogP contribution is 2.17. The van der Waals surface area contributed by atoms with Crippen LogP contribution in [0.4, 0.5) is 0 Å². The lowest BCUT2D eigenvalue weighted by Crippen LogP contribution is -2.40. The van der Waals surface area contributed by atoms with Crippen molar-refractivity contribution in [3.05, 3.63) is 29.8 Å². The van der Waals surface area contributed by atoms with Gasteiger partial charge in [-0.1, -0.05) is 13.8 Å². The van der Waals surface area contributed by atoms with E-state index in [1.54, 1.807) is 4.90 Å². The average molecular weight is 277 g/mol. The molecule has 1 aromatic rings. The highest BCUT2D eigenvalue weighted by atomic mass is 16.5. The Labute approximate surface area is 120 Å². The van der Waals surface area contributed by atoms with E-state index in [-0.39, 0.29) is 12.0 Å². The smallest absolute Gasteiger partial charge is 0.253 e. The van der Waals surface area contributed by atoms with Crippen LogP contribution in [0.2, 0.25) is 0 Å². The van der Waals surface area contributed by atoms with Gasteiger partial charge in [-0.2, -0.15) is 0 Å². The molecule has 20 heavy (non-hydrogen) atoms. The number of aliphatic hydroxyl groups excluding tert-OH is 1. The number of aliphatic hydroxyl groups is 1. The van der Waals surface area contributed by atoms with Crippen LogP contribution in [0.1, 0.15) is 37.0 Å². The SMILES string of the molecule is CC(C)COc1ccc(C(=O)N2CCC(O)CC2)cc1. The molecule has 1 aromatic carbocycles. The van der Waals surface area contributed by atoms with Crippen LogP contribution in [-0.2, 0) is 0 Å². The van der Waals surface area contributed by atoms with Crippen LogP contribution in [0.5, 0.6) is 5.75 Å². The second kappa shape index (κ2) is 6.75. The third kappa shape index (κ3) is 3.97. The van der Waals surface area contributed by atoms with Gasteiger partial charge in [-0.15, -0.1) is 0 Å². The number of hydrogen-bond donors (Lipinski definition) is 1. The Balaban J connectivity index is 1.93. The van der Waals surface area contributed by atoms with Gasteiger partial charge in [0.15, 0.2) is 0 Å². The second-order valence-electron chi connectivity index (χ2n) is 5.75. The Morgan fingerprint density at radius 1 is 1.30 bits per heavy atom. The normalized spacial score (nSPS) is 16.5. The van der Waals surface area contributed by atoms with E-state index < -0.39 is 0 Å². The van der Waals surface area contributed by atoms with Gasteiger partial charge >= 0.3 is 0 Å². The molecule has 0 aromatic heterocycles. The van der Waals surface area contributed by atoms with Crippen molar-refractivity contribution in [2.75, 3.05) is 19.7 Å². The van der Waals surface area contributed by atoms with E-state index in [1.807, 2.05) is 24.3 Å². The minimum absolute atomic E-state index is 0.0345. The van der Waals surface area contributed by atoms with Gasteiger partial charge in [0.2, 0.25) is 0 Å². The molecule has 4 heteroatoms. The molecule has 1 aliphatic heterocycles. The van der Waals surface area contributed by atoms with Gasteiger partial charge < -0.3 is 14.7 Å². The Morgan fingerprint density at radius 2 is 1.90 bits per heavy atom. The standard InChI is InChI=1S/C16H23NO3/c1-12(2)11-20-15-5-3-13(4-6-15)16(19)17-9-7-14(18)8-10-17/h3-6,12,14,18H,7-11H2,1-2H3. The molecular weight excluding hydrogens is 254 g/mol. The molecule has 1 heterocycles. The van der Waals surface area contributed by atoms with Gasteiger partial charge in [0.25, 0.3) is 5.91 Å². The molecule has 0 unspecified atom stereocenters. The zero-order valence-corrected chi connectivity index (χ0v) is 12.2. The van der Waals surface area contributed by atoms with Crippen molar-refractivity contribution in [1.29, 1.82) is 0 Å². The van der Waals surface area contributed by atoms with Crippen molar-refractivity contribution >= 4 is 5.91 Å². The molecule has 2 rings (SSSR count). The largest absolute Gasteiger partial charge is 0.493 e. The quantitative estimate of drug-likeness (QED) is 0.919. The number of hydrogen-bond acceptors (Lipinski definition) is 3. The first kappa shape index (κ1) is 14.9. The number of rotatable bonds is 4. The molecule has 110 valence electrons.